The van der Waals surface area contributed by atoms with Gasteiger partial charge in [-0.2, -0.15) is 0 Å². The smallest absolute Gasteiger partial charge is 0.0554 e. The molecule has 0 saturated heterocycles. The Morgan fingerprint density at radius 1 is 1.05 bits per heavy atom. The fraction of sp³-hybridized carbons (Fsp3) is 0.250. The number of rotatable bonds is 2. The van der Waals surface area contributed by atoms with Crippen molar-refractivity contribution < 1.29 is 0 Å². The molecule has 0 bridgehead atoms. The Morgan fingerprint density at radius 2 is 1.74 bits per heavy atom. The quantitative estimate of drug-likeness (QED) is 0.804. The van der Waals surface area contributed by atoms with Crippen LogP contribution in [0, 0.1) is 0 Å². The first-order valence-corrected chi connectivity index (χ1v) is 7.32. The lowest BCUT2D eigenvalue weighted by Crippen LogP contribution is -2.33. The lowest BCUT2D eigenvalue weighted by Gasteiger charge is -2.37. The van der Waals surface area contributed by atoms with Gasteiger partial charge in [0.2, 0.25) is 0 Å². The summed E-state index contributed by atoms with van der Waals surface area (Å²) in [4.78, 5) is 0. The van der Waals surface area contributed by atoms with Gasteiger partial charge in [0.15, 0.2) is 0 Å². The van der Waals surface area contributed by atoms with E-state index in [0.717, 1.165) is 6.42 Å². The summed E-state index contributed by atoms with van der Waals surface area (Å²) in [5.41, 5.74) is 3.79. The van der Waals surface area contributed by atoms with Crippen molar-refractivity contribution in [3.63, 3.8) is 0 Å². The highest BCUT2D eigenvalue weighted by Gasteiger charge is 2.28. The summed E-state index contributed by atoms with van der Waals surface area (Å²) >= 11 is 3.67. The van der Waals surface area contributed by atoms with Gasteiger partial charge in [-0.15, -0.1) is 0 Å². The SMILES string of the molecule is CC1CC(Nc2ccccc2)c2ccccc2N1Br. The molecule has 0 saturated carbocycles. The molecular formula is C16H17BrN2. The molecule has 1 heterocycles. The van der Waals surface area contributed by atoms with Gasteiger partial charge in [-0.1, -0.05) is 36.4 Å². The number of anilines is 2. The van der Waals surface area contributed by atoms with Crippen molar-refractivity contribution in [3.05, 3.63) is 60.2 Å². The van der Waals surface area contributed by atoms with Gasteiger partial charge in [0, 0.05) is 27.9 Å². The van der Waals surface area contributed by atoms with Gasteiger partial charge in [0.1, 0.15) is 0 Å². The van der Waals surface area contributed by atoms with Gasteiger partial charge in [0.25, 0.3) is 0 Å². The van der Waals surface area contributed by atoms with Gasteiger partial charge in [-0.3, -0.25) is 0 Å². The molecule has 0 amide bonds. The molecule has 0 fully saturated rings. The van der Waals surface area contributed by atoms with Crippen molar-refractivity contribution in [2.75, 3.05) is 9.24 Å². The molecule has 2 unspecified atom stereocenters. The highest BCUT2D eigenvalue weighted by atomic mass is 79.9. The van der Waals surface area contributed by atoms with Crippen molar-refractivity contribution in [2.45, 2.75) is 25.4 Å². The standard InChI is InChI=1S/C16H17BrN2/c1-12-11-15(18-13-7-3-2-4-8-13)14-9-5-6-10-16(14)19(12)17/h2-10,12,15,18H,11H2,1H3. The second-order valence-corrected chi connectivity index (χ2v) is 5.78. The van der Waals surface area contributed by atoms with Gasteiger partial charge in [-0.25, -0.2) is 0 Å². The van der Waals surface area contributed by atoms with Gasteiger partial charge >= 0.3 is 0 Å². The van der Waals surface area contributed by atoms with Gasteiger partial charge in [0.05, 0.1) is 11.7 Å². The highest BCUT2D eigenvalue weighted by Crippen LogP contribution is 2.40. The zero-order chi connectivity index (χ0) is 13.2. The monoisotopic (exact) mass is 316 g/mol. The van der Waals surface area contributed by atoms with E-state index < -0.39 is 0 Å². The molecule has 3 heteroatoms. The van der Waals surface area contributed by atoms with Crippen molar-refractivity contribution >= 4 is 27.5 Å². The van der Waals surface area contributed by atoms with Crippen LogP contribution in [0.2, 0.25) is 0 Å². The predicted octanol–water partition coefficient (Wildman–Crippen LogP) is 4.75. The fourth-order valence-corrected chi connectivity index (χ4v) is 3.14. The number of hydrogen-bond donors (Lipinski definition) is 1. The van der Waals surface area contributed by atoms with Crippen LogP contribution >= 0.6 is 16.1 Å². The Balaban J connectivity index is 1.92. The highest BCUT2D eigenvalue weighted by molar-refractivity contribution is 9.10. The van der Waals surface area contributed by atoms with Crippen molar-refractivity contribution in [3.8, 4) is 0 Å². The number of nitrogens with zero attached hydrogens (tertiary/aromatic N) is 1. The second kappa shape index (κ2) is 5.25. The van der Waals surface area contributed by atoms with Crippen LogP contribution in [-0.4, -0.2) is 6.04 Å². The van der Waals surface area contributed by atoms with E-state index in [2.05, 4.69) is 80.8 Å². The molecule has 0 radical (unpaired) electrons. The minimum absolute atomic E-state index is 0.363. The van der Waals surface area contributed by atoms with Crippen molar-refractivity contribution in [1.29, 1.82) is 0 Å². The maximum absolute atomic E-state index is 3.67. The topological polar surface area (TPSA) is 15.3 Å². The molecule has 0 spiro atoms. The Morgan fingerprint density at radius 3 is 2.53 bits per heavy atom. The molecule has 98 valence electrons. The summed E-state index contributed by atoms with van der Waals surface area (Å²) in [6.45, 7) is 2.24. The van der Waals surface area contributed by atoms with Crippen LogP contribution < -0.4 is 9.24 Å². The summed E-state index contributed by atoms with van der Waals surface area (Å²) in [5.74, 6) is 0. The van der Waals surface area contributed by atoms with Crippen LogP contribution in [0.25, 0.3) is 0 Å². The molecule has 0 aromatic heterocycles. The molecule has 2 aromatic carbocycles. The molecule has 1 aliphatic rings. The van der Waals surface area contributed by atoms with Crippen LogP contribution in [0.1, 0.15) is 24.9 Å². The van der Waals surface area contributed by atoms with Crippen LogP contribution in [0.3, 0.4) is 0 Å². The number of hydrogen-bond acceptors (Lipinski definition) is 2. The van der Waals surface area contributed by atoms with E-state index in [1.165, 1.54) is 16.9 Å². The Labute approximate surface area is 122 Å². The van der Waals surface area contributed by atoms with Crippen LogP contribution in [0.4, 0.5) is 11.4 Å². The average molecular weight is 317 g/mol. The van der Waals surface area contributed by atoms with E-state index >= 15 is 0 Å². The Bertz CT molecular complexity index is 556. The minimum atomic E-state index is 0.363. The average Bonchev–Trinajstić information content (AvgIpc) is 2.46. The summed E-state index contributed by atoms with van der Waals surface area (Å²) in [6, 6.07) is 19.8. The van der Waals surface area contributed by atoms with E-state index in [1.807, 2.05) is 6.07 Å². The predicted molar refractivity (Wildman–Crippen MR) is 84.7 cm³/mol. The molecule has 0 aliphatic carbocycles. The van der Waals surface area contributed by atoms with Crippen molar-refractivity contribution in [1.82, 2.24) is 0 Å². The number of nitrogens with one attached hydrogen (secondary N) is 1. The zero-order valence-corrected chi connectivity index (χ0v) is 12.5. The van der Waals surface area contributed by atoms with Gasteiger partial charge < -0.3 is 9.24 Å². The third-order valence-electron chi connectivity index (χ3n) is 3.62. The molecule has 2 nitrogen and oxygen atoms in total. The molecule has 1 aliphatic heterocycles. The summed E-state index contributed by atoms with van der Waals surface area (Å²) < 4.78 is 2.19. The zero-order valence-electron chi connectivity index (χ0n) is 10.9. The van der Waals surface area contributed by atoms with E-state index in [9.17, 15) is 0 Å². The first-order valence-electron chi connectivity index (χ1n) is 6.61. The van der Waals surface area contributed by atoms with E-state index in [-0.39, 0.29) is 0 Å². The number of benzene rings is 2. The Hall–Kier alpha value is -1.48. The lowest BCUT2D eigenvalue weighted by molar-refractivity contribution is 0.577. The largest absolute Gasteiger partial charge is 0.378 e. The fourth-order valence-electron chi connectivity index (χ4n) is 2.65. The Kier molecular flexibility index (Phi) is 3.47. The maximum Gasteiger partial charge on any atom is 0.0554 e. The normalized spacial score (nSPS) is 21.9. The first kappa shape index (κ1) is 12.5. The molecule has 3 rings (SSSR count). The van der Waals surface area contributed by atoms with Gasteiger partial charge in [-0.05, 0) is 37.1 Å². The van der Waals surface area contributed by atoms with E-state index in [0.29, 0.717) is 12.1 Å². The third-order valence-corrected chi connectivity index (χ3v) is 4.70. The second-order valence-electron chi connectivity index (χ2n) is 5.02. The van der Waals surface area contributed by atoms with E-state index in [1.54, 1.807) is 0 Å². The molecule has 1 N–H and O–H groups in total. The molecule has 2 aromatic rings. The number of fused-ring (bicyclic) bond motifs is 1. The number of para-hydroxylation sites is 2. The maximum atomic E-state index is 3.67. The van der Waals surface area contributed by atoms with Crippen LogP contribution in [-0.2, 0) is 0 Å². The van der Waals surface area contributed by atoms with Crippen LogP contribution in [0.5, 0.6) is 0 Å². The summed E-state index contributed by atoms with van der Waals surface area (Å²) in [7, 11) is 0. The summed E-state index contributed by atoms with van der Waals surface area (Å²) in [5, 5.41) is 3.64. The summed E-state index contributed by atoms with van der Waals surface area (Å²) in [6.07, 6.45) is 1.08. The van der Waals surface area contributed by atoms with Crippen molar-refractivity contribution in [2.24, 2.45) is 0 Å². The lowest BCUT2D eigenvalue weighted by atomic mass is 9.93. The first-order chi connectivity index (χ1) is 9.25. The molecule has 19 heavy (non-hydrogen) atoms. The third kappa shape index (κ3) is 2.47. The number of halogens is 1. The molecular weight excluding hydrogens is 300 g/mol. The minimum Gasteiger partial charge on any atom is -0.378 e. The molecule has 2 atom stereocenters. The van der Waals surface area contributed by atoms with E-state index in [4.69, 9.17) is 0 Å². The van der Waals surface area contributed by atoms with Crippen LogP contribution in [0.15, 0.2) is 54.6 Å².